The van der Waals surface area contributed by atoms with E-state index in [2.05, 4.69) is 20.8 Å². The van der Waals surface area contributed by atoms with Crippen LogP contribution in [-0.4, -0.2) is 56.2 Å². The van der Waals surface area contributed by atoms with Gasteiger partial charge in [-0.2, -0.15) is 0 Å². The van der Waals surface area contributed by atoms with Crippen molar-refractivity contribution < 1.29 is 14.3 Å². The van der Waals surface area contributed by atoms with Gasteiger partial charge in [-0.1, -0.05) is 18.2 Å². The minimum absolute atomic E-state index is 0.206. The molecule has 1 aliphatic rings. The number of nitrogens with one attached hydrogen (secondary N) is 1. The molecule has 9 heteroatoms. The van der Waals surface area contributed by atoms with Crippen LogP contribution in [-0.2, 0) is 17.8 Å². The topological polar surface area (TPSA) is 102 Å². The van der Waals surface area contributed by atoms with Crippen molar-refractivity contribution in [1.82, 2.24) is 30.4 Å². The molecule has 1 fully saturated rings. The standard InChI is InChI=1S/C16H20N6O3/c1-16(2)14(23)21(15(24)17-16)8-9-22-13(18-19-20-22)10-11-6-4-5-7-12(11)25-3/h4-7H,8-10H2,1-3H3,(H,17,24). The number of ether oxygens (including phenoxy) is 1. The quantitative estimate of drug-likeness (QED) is 0.770. The van der Waals surface area contributed by atoms with Gasteiger partial charge in [0.1, 0.15) is 11.3 Å². The van der Waals surface area contributed by atoms with Crippen LogP contribution < -0.4 is 10.1 Å². The van der Waals surface area contributed by atoms with Gasteiger partial charge in [0.2, 0.25) is 0 Å². The minimum atomic E-state index is -0.877. The lowest BCUT2D eigenvalue weighted by molar-refractivity contribution is -0.130. The first-order chi connectivity index (χ1) is 11.9. The summed E-state index contributed by atoms with van der Waals surface area (Å²) >= 11 is 0. The number of tetrazole rings is 1. The molecule has 1 N–H and O–H groups in total. The van der Waals surface area contributed by atoms with Crippen molar-refractivity contribution in [3.8, 4) is 5.75 Å². The summed E-state index contributed by atoms with van der Waals surface area (Å²) in [5.74, 6) is 1.14. The summed E-state index contributed by atoms with van der Waals surface area (Å²) in [5, 5.41) is 14.4. The molecule has 1 aliphatic heterocycles. The van der Waals surface area contributed by atoms with Crippen LogP contribution in [0.3, 0.4) is 0 Å². The second-order valence-electron chi connectivity index (χ2n) is 6.32. The number of amides is 3. The highest BCUT2D eigenvalue weighted by Crippen LogP contribution is 2.20. The Labute approximate surface area is 144 Å². The predicted molar refractivity (Wildman–Crippen MR) is 87.9 cm³/mol. The fourth-order valence-electron chi connectivity index (χ4n) is 2.76. The fourth-order valence-corrected chi connectivity index (χ4v) is 2.76. The van der Waals surface area contributed by atoms with Gasteiger partial charge >= 0.3 is 6.03 Å². The van der Waals surface area contributed by atoms with E-state index < -0.39 is 11.6 Å². The third-order valence-corrected chi connectivity index (χ3v) is 4.13. The Hall–Kier alpha value is -2.97. The van der Waals surface area contributed by atoms with E-state index in [9.17, 15) is 9.59 Å². The predicted octanol–water partition coefficient (Wildman–Crippen LogP) is 0.603. The van der Waals surface area contributed by atoms with Crippen LogP contribution >= 0.6 is 0 Å². The van der Waals surface area contributed by atoms with Crippen LogP contribution in [0, 0.1) is 0 Å². The number of carbonyl (C=O) groups excluding carboxylic acids is 2. The van der Waals surface area contributed by atoms with Crippen LogP contribution in [0.4, 0.5) is 4.79 Å². The van der Waals surface area contributed by atoms with Crippen LogP contribution in [0.25, 0.3) is 0 Å². The summed E-state index contributed by atoms with van der Waals surface area (Å²) in [5.41, 5.74) is 0.0787. The second-order valence-corrected chi connectivity index (χ2v) is 6.32. The number of nitrogens with zero attached hydrogens (tertiary/aromatic N) is 5. The minimum Gasteiger partial charge on any atom is -0.496 e. The molecule has 0 radical (unpaired) electrons. The van der Waals surface area contributed by atoms with Crippen molar-refractivity contribution >= 4 is 11.9 Å². The highest BCUT2D eigenvalue weighted by Gasteiger charge is 2.43. The molecule has 0 aliphatic carbocycles. The molecule has 0 bridgehead atoms. The second kappa shape index (κ2) is 6.50. The number of hydrogen-bond donors (Lipinski definition) is 1. The molecule has 9 nitrogen and oxygen atoms in total. The van der Waals surface area contributed by atoms with E-state index in [0.29, 0.717) is 18.8 Å². The molecule has 2 aromatic rings. The molecule has 25 heavy (non-hydrogen) atoms. The van der Waals surface area contributed by atoms with Crippen LogP contribution in [0.5, 0.6) is 5.75 Å². The van der Waals surface area contributed by atoms with Gasteiger partial charge in [0.15, 0.2) is 5.82 Å². The molecule has 2 heterocycles. The number of aromatic nitrogens is 4. The maximum atomic E-state index is 12.2. The summed E-state index contributed by atoms with van der Waals surface area (Å²) in [6.07, 6.45) is 0.489. The molecule has 1 aromatic carbocycles. The Morgan fingerprint density at radius 1 is 1.20 bits per heavy atom. The van der Waals surface area contributed by atoms with Gasteiger partial charge < -0.3 is 10.1 Å². The number of para-hydroxylation sites is 1. The van der Waals surface area contributed by atoms with Crippen molar-refractivity contribution in [2.24, 2.45) is 0 Å². The van der Waals surface area contributed by atoms with Crippen molar-refractivity contribution in [1.29, 1.82) is 0 Å². The van der Waals surface area contributed by atoms with Gasteiger partial charge in [0.05, 0.1) is 20.2 Å². The monoisotopic (exact) mass is 344 g/mol. The first-order valence-corrected chi connectivity index (χ1v) is 7.93. The number of rotatable bonds is 6. The number of carbonyl (C=O) groups is 2. The Balaban J connectivity index is 1.71. The fraction of sp³-hybridized carbons (Fsp3) is 0.438. The van der Waals surface area contributed by atoms with Gasteiger partial charge in [-0.25, -0.2) is 9.48 Å². The summed E-state index contributed by atoms with van der Waals surface area (Å²) in [7, 11) is 1.61. The zero-order chi connectivity index (χ0) is 18.0. The van der Waals surface area contributed by atoms with Crippen molar-refractivity contribution in [2.45, 2.75) is 32.4 Å². The summed E-state index contributed by atoms with van der Waals surface area (Å²) in [6.45, 7) is 3.89. The number of methoxy groups -OCH3 is 1. The molecule has 1 aromatic heterocycles. The van der Waals surface area contributed by atoms with Crippen LogP contribution in [0.15, 0.2) is 24.3 Å². The average molecular weight is 344 g/mol. The van der Waals surface area contributed by atoms with Crippen molar-refractivity contribution in [3.05, 3.63) is 35.7 Å². The molecule has 0 spiro atoms. The SMILES string of the molecule is COc1ccccc1Cc1nnnn1CCN1C(=O)NC(C)(C)C1=O. The molecule has 0 unspecified atom stereocenters. The Morgan fingerprint density at radius 2 is 1.96 bits per heavy atom. The number of benzene rings is 1. The van der Waals surface area contributed by atoms with E-state index in [0.717, 1.165) is 11.3 Å². The number of urea groups is 1. The van der Waals surface area contributed by atoms with Gasteiger partial charge in [0.25, 0.3) is 5.91 Å². The Kier molecular flexibility index (Phi) is 4.39. The molecular formula is C16H20N6O3. The van der Waals surface area contributed by atoms with Gasteiger partial charge in [-0.15, -0.1) is 5.10 Å². The van der Waals surface area contributed by atoms with E-state index in [1.54, 1.807) is 25.6 Å². The zero-order valence-corrected chi connectivity index (χ0v) is 14.4. The lowest BCUT2D eigenvalue weighted by Crippen LogP contribution is -2.40. The summed E-state index contributed by atoms with van der Waals surface area (Å²) < 4.78 is 6.94. The maximum absolute atomic E-state index is 12.2. The van der Waals surface area contributed by atoms with Crippen molar-refractivity contribution in [3.63, 3.8) is 0 Å². The van der Waals surface area contributed by atoms with Gasteiger partial charge in [-0.05, 0) is 30.3 Å². The summed E-state index contributed by atoms with van der Waals surface area (Å²) in [4.78, 5) is 25.3. The number of imide groups is 1. The first kappa shape index (κ1) is 16.9. The zero-order valence-electron chi connectivity index (χ0n) is 14.4. The van der Waals surface area contributed by atoms with E-state index in [4.69, 9.17) is 4.74 Å². The van der Waals surface area contributed by atoms with E-state index in [1.807, 2.05) is 24.3 Å². The molecule has 0 saturated carbocycles. The first-order valence-electron chi connectivity index (χ1n) is 7.93. The smallest absolute Gasteiger partial charge is 0.325 e. The average Bonchev–Trinajstić information content (AvgIpc) is 3.09. The van der Waals surface area contributed by atoms with Crippen LogP contribution in [0.2, 0.25) is 0 Å². The highest BCUT2D eigenvalue weighted by molar-refractivity contribution is 6.06. The Bertz CT molecular complexity index is 801. The van der Waals surface area contributed by atoms with Crippen LogP contribution in [0.1, 0.15) is 25.2 Å². The lowest BCUT2D eigenvalue weighted by atomic mass is 10.1. The van der Waals surface area contributed by atoms with E-state index in [-0.39, 0.29) is 12.5 Å². The number of hydrogen-bond acceptors (Lipinski definition) is 6. The molecule has 132 valence electrons. The highest BCUT2D eigenvalue weighted by atomic mass is 16.5. The molecule has 1 saturated heterocycles. The van der Waals surface area contributed by atoms with Crippen molar-refractivity contribution in [2.75, 3.05) is 13.7 Å². The van der Waals surface area contributed by atoms with Gasteiger partial charge in [0, 0.05) is 12.0 Å². The molecule has 3 rings (SSSR count). The molecule has 0 atom stereocenters. The largest absolute Gasteiger partial charge is 0.496 e. The third kappa shape index (κ3) is 3.30. The summed E-state index contributed by atoms with van der Waals surface area (Å²) in [6, 6.07) is 7.23. The van der Waals surface area contributed by atoms with E-state index in [1.165, 1.54) is 4.90 Å². The maximum Gasteiger partial charge on any atom is 0.325 e. The Morgan fingerprint density at radius 3 is 2.64 bits per heavy atom. The molecule has 3 amide bonds. The van der Waals surface area contributed by atoms with Gasteiger partial charge in [-0.3, -0.25) is 9.69 Å². The normalized spacial score (nSPS) is 16.2. The van der Waals surface area contributed by atoms with E-state index >= 15 is 0 Å². The third-order valence-electron chi connectivity index (χ3n) is 4.13. The lowest BCUT2D eigenvalue weighted by Gasteiger charge is -2.16. The molecular weight excluding hydrogens is 324 g/mol.